The van der Waals surface area contributed by atoms with Crippen molar-refractivity contribution in [2.24, 2.45) is 11.1 Å². The molecule has 1 aliphatic carbocycles. The van der Waals surface area contributed by atoms with Gasteiger partial charge < -0.3 is 5.73 Å². The van der Waals surface area contributed by atoms with E-state index in [2.05, 4.69) is 5.10 Å². The maximum atomic E-state index is 13.0. The number of nitrogens with zero attached hydrogens (tertiary/aromatic N) is 2. The summed E-state index contributed by atoms with van der Waals surface area (Å²) in [4.78, 5) is 0. The summed E-state index contributed by atoms with van der Waals surface area (Å²) < 4.78 is 40.5. The molecule has 2 heterocycles. The summed E-state index contributed by atoms with van der Waals surface area (Å²) in [5.41, 5.74) is 4.98. The van der Waals surface area contributed by atoms with E-state index in [9.17, 15) is 13.2 Å². The number of hydrogen-bond acceptors (Lipinski definition) is 2. The van der Waals surface area contributed by atoms with E-state index in [0.29, 0.717) is 6.42 Å². The van der Waals surface area contributed by atoms with Crippen LogP contribution in [0.5, 0.6) is 0 Å². The highest BCUT2D eigenvalue weighted by Crippen LogP contribution is 2.66. The van der Waals surface area contributed by atoms with E-state index in [0.717, 1.165) is 5.69 Å². The molecule has 0 unspecified atom stereocenters. The lowest BCUT2D eigenvalue weighted by Crippen LogP contribution is -2.33. The molecule has 0 amide bonds. The molecule has 1 saturated carbocycles. The number of alkyl halides is 3. The summed E-state index contributed by atoms with van der Waals surface area (Å²) in [6, 6.07) is 0.789. The van der Waals surface area contributed by atoms with Crippen molar-refractivity contribution in [2.75, 3.05) is 0 Å². The predicted molar refractivity (Wildman–Crippen MR) is 50.5 cm³/mol. The molecule has 88 valence electrons. The van der Waals surface area contributed by atoms with Gasteiger partial charge in [0.25, 0.3) is 0 Å². The van der Waals surface area contributed by atoms with Gasteiger partial charge in [-0.1, -0.05) is 0 Å². The first-order chi connectivity index (χ1) is 7.46. The lowest BCUT2D eigenvalue weighted by Gasteiger charge is -2.26. The summed E-state index contributed by atoms with van der Waals surface area (Å²) in [6.45, 7) is 0. The van der Waals surface area contributed by atoms with Gasteiger partial charge in [-0.25, -0.2) is 0 Å². The second-order valence-electron chi connectivity index (χ2n) is 4.71. The zero-order chi connectivity index (χ0) is 11.6. The Balaban J connectivity index is 2.00. The Morgan fingerprint density at radius 1 is 1.44 bits per heavy atom. The van der Waals surface area contributed by atoms with Crippen molar-refractivity contribution < 1.29 is 13.2 Å². The highest BCUT2D eigenvalue weighted by atomic mass is 19.4. The zero-order valence-electron chi connectivity index (χ0n) is 8.54. The monoisotopic (exact) mass is 231 g/mol. The first-order valence-corrected chi connectivity index (χ1v) is 5.31. The summed E-state index contributed by atoms with van der Waals surface area (Å²) in [7, 11) is 0. The van der Waals surface area contributed by atoms with Crippen molar-refractivity contribution >= 4 is 0 Å². The van der Waals surface area contributed by atoms with Crippen LogP contribution in [0.2, 0.25) is 0 Å². The van der Waals surface area contributed by atoms with Crippen molar-refractivity contribution in [3.63, 3.8) is 0 Å². The van der Waals surface area contributed by atoms with Crippen LogP contribution in [0.4, 0.5) is 13.2 Å². The van der Waals surface area contributed by atoms with Crippen molar-refractivity contribution in [1.29, 1.82) is 0 Å². The molecule has 0 aromatic carbocycles. The molecule has 3 nitrogen and oxygen atoms in total. The Hall–Kier alpha value is -1.04. The largest absolute Gasteiger partial charge is 0.396 e. The number of rotatable bonds is 1. The minimum Gasteiger partial charge on any atom is -0.323 e. The van der Waals surface area contributed by atoms with E-state index in [4.69, 9.17) is 5.73 Å². The fourth-order valence-corrected chi connectivity index (χ4v) is 2.74. The Morgan fingerprint density at radius 2 is 2.12 bits per heavy atom. The third kappa shape index (κ3) is 1.10. The summed E-state index contributed by atoms with van der Waals surface area (Å²) >= 11 is 0. The van der Waals surface area contributed by atoms with E-state index in [-0.39, 0.29) is 18.9 Å². The number of aromatic nitrogens is 2. The summed E-state index contributed by atoms with van der Waals surface area (Å²) in [6.07, 6.45) is -1.87. The van der Waals surface area contributed by atoms with Crippen LogP contribution < -0.4 is 5.73 Å². The van der Waals surface area contributed by atoms with E-state index >= 15 is 0 Å². The molecule has 2 aliphatic rings. The number of hydrogen-bond donors (Lipinski definition) is 1. The molecule has 1 aromatic rings. The number of nitrogens with two attached hydrogens (primary N) is 1. The average Bonchev–Trinajstić information content (AvgIpc) is 2.74. The standard InChI is InChI=1S/C10H12F3N3/c11-10(12,13)9(2-3-9)8-5-6(14)7-1-4-15-16(7)8/h1,4,6,8H,2-3,5,14H2/t6-,8-/m0/s1. The van der Waals surface area contributed by atoms with Crippen LogP contribution in [-0.4, -0.2) is 16.0 Å². The number of fused-ring (bicyclic) bond motifs is 1. The molecular weight excluding hydrogens is 219 g/mol. The molecule has 16 heavy (non-hydrogen) atoms. The predicted octanol–water partition coefficient (Wildman–Crippen LogP) is 2.17. The first-order valence-electron chi connectivity index (χ1n) is 5.31. The minimum absolute atomic E-state index is 0.202. The number of halogens is 3. The third-order valence-electron chi connectivity index (χ3n) is 3.84. The molecule has 1 fully saturated rings. The second-order valence-corrected chi connectivity index (χ2v) is 4.71. The van der Waals surface area contributed by atoms with Crippen LogP contribution in [-0.2, 0) is 0 Å². The molecule has 6 heteroatoms. The molecule has 3 rings (SSSR count). The maximum Gasteiger partial charge on any atom is 0.396 e. The van der Waals surface area contributed by atoms with Gasteiger partial charge in [0, 0.05) is 12.2 Å². The molecule has 0 saturated heterocycles. The summed E-state index contributed by atoms with van der Waals surface area (Å²) in [5, 5.41) is 3.99. The minimum atomic E-state index is -4.15. The average molecular weight is 231 g/mol. The first kappa shape index (κ1) is 10.1. The molecule has 2 atom stereocenters. The third-order valence-corrected chi connectivity index (χ3v) is 3.84. The quantitative estimate of drug-likeness (QED) is 0.805. The SMILES string of the molecule is N[C@H]1C[C@@H](C2(C(F)(F)F)CC2)n2nccc21. The highest BCUT2D eigenvalue weighted by molar-refractivity contribution is 5.19. The van der Waals surface area contributed by atoms with E-state index in [1.807, 2.05) is 0 Å². The molecule has 1 aromatic heterocycles. The van der Waals surface area contributed by atoms with E-state index in [1.54, 1.807) is 6.07 Å². The van der Waals surface area contributed by atoms with Gasteiger partial charge in [-0.3, -0.25) is 4.68 Å². The van der Waals surface area contributed by atoms with Crippen LogP contribution in [0, 0.1) is 5.41 Å². The Kier molecular flexibility index (Phi) is 1.77. The van der Waals surface area contributed by atoms with Gasteiger partial charge in [-0.2, -0.15) is 18.3 Å². The second kappa shape index (κ2) is 2.80. The van der Waals surface area contributed by atoms with Crippen molar-refractivity contribution in [2.45, 2.75) is 37.5 Å². The van der Waals surface area contributed by atoms with E-state index in [1.165, 1.54) is 10.9 Å². The van der Waals surface area contributed by atoms with Gasteiger partial charge in [0.05, 0.1) is 17.2 Å². The van der Waals surface area contributed by atoms with Gasteiger partial charge in [0.1, 0.15) is 0 Å². The van der Waals surface area contributed by atoms with Crippen LogP contribution in [0.25, 0.3) is 0 Å². The van der Waals surface area contributed by atoms with Crippen molar-refractivity contribution in [3.8, 4) is 0 Å². The van der Waals surface area contributed by atoms with Crippen molar-refractivity contribution in [1.82, 2.24) is 9.78 Å². The fraction of sp³-hybridized carbons (Fsp3) is 0.700. The smallest absolute Gasteiger partial charge is 0.323 e. The highest BCUT2D eigenvalue weighted by Gasteiger charge is 2.69. The molecular formula is C10H12F3N3. The van der Waals surface area contributed by atoms with Gasteiger partial charge in [0.15, 0.2) is 0 Å². The Bertz CT molecular complexity index is 419. The van der Waals surface area contributed by atoms with Crippen LogP contribution in [0.15, 0.2) is 12.3 Å². The molecule has 0 radical (unpaired) electrons. The normalized spacial score (nSPS) is 31.5. The molecule has 0 spiro atoms. The topological polar surface area (TPSA) is 43.8 Å². The van der Waals surface area contributed by atoms with Crippen LogP contribution in [0.3, 0.4) is 0 Å². The van der Waals surface area contributed by atoms with Crippen LogP contribution in [0.1, 0.15) is 37.0 Å². The van der Waals surface area contributed by atoms with Crippen LogP contribution >= 0.6 is 0 Å². The van der Waals surface area contributed by atoms with Gasteiger partial charge in [0.2, 0.25) is 0 Å². The lowest BCUT2D eigenvalue weighted by atomic mass is 9.93. The Morgan fingerprint density at radius 3 is 2.69 bits per heavy atom. The zero-order valence-corrected chi connectivity index (χ0v) is 8.54. The van der Waals surface area contributed by atoms with Gasteiger partial charge >= 0.3 is 6.18 Å². The molecule has 1 aliphatic heterocycles. The molecule has 0 bridgehead atoms. The van der Waals surface area contributed by atoms with Gasteiger partial charge in [-0.05, 0) is 25.3 Å². The Labute approximate surface area is 90.4 Å². The van der Waals surface area contributed by atoms with E-state index < -0.39 is 17.6 Å². The summed E-state index contributed by atoms with van der Waals surface area (Å²) in [5.74, 6) is 0. The molecule has 2 N–H and O–H groups in total. The van der Waals surface area contributed by atoms with Crippen molar-refractivity contribution in [3.05, 3.63) is 18.0 Å². The maximum absolute atomic E-state index is 13.0. The fourth-order valence-electron chi connectivity index (χ4n) is 2.74. The van der Waals surface area contributed by atoms with Gasteiger partial charge in [-0.15, -0.1) is 0 Å². The lowest BCUT2D eigenvalue weighted by molar-refractivity contribution is -0.200.